The molecule has 9 nitrogen and oxygen atoms in total. The molecule has 31 heavy (non-hydrogen) atoms. The Kier molecular flexibility index (Phi) is 5.79. The lowest BCUT2D eigenvalue weighted by molar-refractivity contribution is -0.119. The molecule has 1 amide bonds. The number of hydrogen-bond donors (Lipinski definition) is 2. The summed E-state index contributed by atoms with van der Waals surface area (Å²) in [6.45, 7) is 0.223. The van der Waals surface area contributed by atoms with Crippen molar-refractivity contribution in [2.45, 2.75) is 28.7 Å². The third-order valence-electron chi connectivity index (χ3n) is 4.85. The molecule has 1 saturated heterocycles. The average Bonchev–Trinajstić information content (AvgIpc) is 3.34. The van der Waals surface area contributed by atoms with Gasteiger partial charge in [0.1, 0.15) is 6.04 Å². The molecule has 1 aliphatic heterocycles. The Hall–Kier alpha value is -2.09. The molecule has 0 radical (unpaired) electrons. The molecule has 2 aromatic carbocycles. The normalized spacial score (nSPS) is 17.8. The zero-order valence-corrected chi connectivity index (χ0v) is 19.1. The SMILES string of the molecule is NS(=O)(=O)c1ccc2nc(NC(=O)C3CCCN3S(=O)(=O)c3ccc(Cl)cc3)sc2c1. The molecule has 3 N–H and O–H groups in total. The average molecular weight is 501 g/mol. The van der Waals surface area contributed by atoms with Crippen LogP contribution in [-0.2, 0) is 24.8 Å². The van der Waals surface area contributed by atoms with Gasteiger partial charge in [0.05, 0.1) is 20.0 Å². The number of rotatable bonds is 5. The maximum Gasteiger partial charge on any atom is 0.244 e. The minimum absolute atomic E-state index is 0.0578. The lowest BCUT2D eigenvalue weighted by Crippen LogP contribution is -2.43. The molecule has 3 aromatic rings. The van der Waals surface area contributed by atoms with Crippen LogP contribution in [-0.4, -0.2) is 44.6 Å². The quantitative estimate of drug-likeness (QED) is 0.551. The van der Waals surface area contributed by atoms with Gasteiger partial charge in [0.2, 0.25) is 26.0 Å². The number of nitrogens with two attached hydrogens (primary N) is 1. The van der Waals surface area contributed by atoms with Crippen LogP contribution < -0.4 is 10.5 Å². The lowest BCUT2D eigenvalue weighted by Gasteiger charge is -2.23. The zero-order valence-electron chi connectivity index (χ0n) is 15.9. The smallest absolute Gasteiger partial charge is 0.244 e. The van der Waals surface area contributed by atoms with Crippen LogP contribution in [0.3, 0.4) is 0 Å². The Morgan fingerprint density at radius 3 is 2.48 bits per heavy atom. The van der Waals surface area contributed by atoms with Crippen LogP contribution >= 0.6 is 22.9 Å². The first kappa shape index (κ1) is 22.1. The number of nitrogens with zero attached hydrogens (tertiary/aromatic N) is 2. The minimum Gasteiger partial charge on any atom is -0.301 e. The maximum absolute atomic E-state index is 13.0. The molecule has 0 spiro atoms. The molecule has 1 unspecified atom stereocenters. The van der Waals surface area contributed by atoms with Gasteiger partial charge in [0.25, 0.3) is 0 Å². The van der Waals surface area contributed by atoms with Gasteiger partial charge in [-0.1, -0.05) is 22.9 Å². The highest BCUT2D eigenvalue weighted by molar-refractivity contribution is 7.89. The number of hydrogen-bond acceptors (Lipinski definition) is 7. The van der Waals surface area contributed by atoms with Crippen molar-refractivity contribution in [2.75, 3.05) is 11.9 Å². The van der Waals surface area contributed by atoms with Crippen LogP contribution in [0.2, 0.25) is 5.02 Å². The fourth-order valence-electron chi connectivity index (χ4n) is 3.36. The van der Waals surface area contributed by atoms with Gasteiger partial charge in [-0.3, -0.25) is 4.79 Å². The van der Waals surface area contributed by atoms with Crippen LogP contribution in [0.4, 0.5) is 5.13 Å². The Labute approximate surface area is 187 Å². The summed E-state index contributed by atoms with van der Waals surface area (Å²) in [5.41, 5.74) is 0.491. The van der Waals surface area contributed by atoms with Crippen LogP contribution in [0.15, 0.2) is 52.3 Å². The summed E-state index contributed by atoms with van der Waals surface area (Å²) in [6.07, 6.45) is 0.918. The van der Waals surface area contributed by atoms with E-state index in [0.717, 1.165) is 11.3 Å². The number of fused-ring (bicyclic) bond motifs is 1. The molecule has 0 bridgehead atoms. The first-order valence-corrected chi connectivity index (χ1v) is 13.3. The van der Waals surface area contributed by atoms with Crippen molar-refractivity contribution in [1.82, 2.24) is 9.29 Å². The molecule has 1 aliphatic rings. The minimum atomic E-state index is -3.87. The Balaban J connectivity index is 1.57. The Morgan fingerprint density at radius 2 is 1.81 bits per heavy atom. The molecular weight excluding hydrogens is 484 g/mol. The van der Waals surface area contributed by atoms with Gasteiger partial charge in [-0.15, -0.1) is 0 Å². The number of aromatic nitrogens is 1. The summed E-state index contributed by atoms with van der Waals surface area (Å²) in [7, 11) is -7.74. The van der Waals surface area contributed by atoms with E-state index < -0.39 is 32.0 Å². The van der Waals surface area contributed by atoms with Crippen molar-refractivity contribution in [3.05, 3.63) is 47.5 Å². The first-order valence-electron chi connectivity index (χ1n) is 9.07. The molecule has 2 heterocycles. The van der Waals surface area contributed by atoms with Gasteiger partial charge < -0.3 is 5.32 Å². The standard InChI is InChI=1S/C18H17ClN4O5S3/c19-11-3-5-12(6-4-11)31(27,28)23-9-1-2-15(23)17(24)22-18-21-14-8-7-13(30(20,25)26)10-16(14)29-18/h3-8,10,15H,1-2,9H2,(H2,20,25,26)(H,21,22,24). The molecule has 4 rings (SSSR count). The van der Waals surface area contributed by atoms with E-state index in [-0.39, 0.29) is 21.5 Å². The van der Waals surface area contributed by atoms with E-state index in [0.29, 0.717) is 28.1 Å². The Morgan fingerprint density at radius 1 is 1.13 bits per heavy atom. The first-order chi connectivity index (χ1) is 14.6. The number of anilines is 1. The van der Waals surface area contributed by atoms with Crippen molar-refractivity contribution >= 4 is 64.2 Å². The van der Waals surface area contributed by atoms with E-state index in [1.54, 1.807) is 0 Å². The molecular formula is C18H17ClN4O5S3. The summed E-state index contributed by atoms with van der Waals surface area (Å²) in [5, 5.41) is 8.45. The molecule has 1 fully saturated rings. The van der Waals surface area contributed by atoms with Crippen LogP contribution in [0.25, 0.3) is 10.2 Å². The largest absolute Gasteiger partial charge is 0.301 e. The lowest BCUT2D eigenvalue weighted by atomic mass is 10.2. The fourth-order valence-corrected chi connectivity index (χ4v) is 6.66. The highest BCUT2D eigenvalue weighted by atomic mass is 35.5. The van der Waals surface area contributed by atoms with Crippen molar-refractivity contribution in [3.63, 3.8) is 0 Å². The van der Waals surface area contributed by atoms with E-state index >= 15 is 0 Å². The van der Waals surface area contributed by atoms with Crippen LogP contribution in [0, 0.1) is 0 Å². The summed E-state index contributed by atoms with van der Waals surface area (Å²) in [5.74, 6) is -0.499. The van der Waals surface area contributed by atoms with E-state index in [4.69, 9.17) is 16.7 Å². The number of amides is 1. The third kappa shape index (κ3) is 4.45. The molecule has 164 valence electrons. The fraction of sp³-hybridized carbons (Fsp3) is 0.222. The second-order valence-electron chi connectivity index (χ2n) is 6.91. The molecule has 1 atom stereocenters. The van der Waals surface area contributed by atoms with Gasteiger partial charge in [-0.25, -0.2) is 27.0 Å². The van der Waals surface area contributed by atoms with E-state index in [1.165, 1.54) is 46.8 Å². The van der Waals surface area contributed by atoms with Crippen LogP contribution in [0.1, 0.15) is 12.8 Å². The number of carbonyl (C=O) groups is 1. The zero-order chi connectivity index (χ0) is 22.4. The third-order valence-corrected chi connectivity index (χ3v) is 8.86. The number of nitrogens with one attached hydrogen (secondary N) is 1. The number of benzene rings is 2. The number of sulfonamides is 2. The summed E-state index contributed by atoms with van der Waals surface area (Å²) >= 11 is 6.92. The number of thiazole rings is 1. The molecule has 1 aromatic heterocycles. The highest BCUT2D eigenvalue weighted by Gasteiger charge is 2.39. The predicted octanol–water partition coefficient (Wildman–Crippen LogP) is 2.39. The second-order valence-corrected chi connectivity index (χ2v) is 11.8. The van der Waals surface area contributed by atoms with E-state index in [1.807, 2.05) is 0 Å². The van der Waals surface area contributed by atoms with Gasteiger partial charge in [-0.2, -0.15) is 4.31 Å². The van der Waals surface area contributed by atoms with E-state index in [2.05, 4.69) is 10.3 Å². The van der Waals surface area contributed by atoms with Gasteiger partial charge in [0.15, 0.2) is 5.13 Å². The van der Waals surface area contributed by atoms with Crippen molar-refractivity contribution in [2.24, 2.45) is 5.14 Å². The maximum atomic E-state index is 13.0. The summed E-state index contributed by atoms with van der Waals surface area (Å²) < 4.78 is 50.8. The summed E-state index contributed by atoms with van der Waals surface area (Å²) in [6, 6.07) is 9.10. The Bertz CT molecular complexity index is 1370. The van der Waals surface area contributed by atoms with E-state index in [9.17, 15) is 21.6 Å². The molecule has 0 aliphatic carbocycles. The van der Waals surface area contributed by atoms with Gasteiger partial charge in [0, 0.05) is 11.6 Å². The summed E-state index contributed by atoms with van der Waals surface area (Å²) in [4.78, 5) is 17.1. The topological polar surface area (TPSA) is 140 Å². The van der Waals surface area contributed by atoms with Gasteiger partial charge >= 0.3 is 0 Å². The predicted molar refractivity (Wildman–Crippen MR) is 118 cm³/mol. The van der Waals surface area contributed by atoms with Crippen molar-refractivity contribution < 1.29 is 21.6 Å². The molecule has 0 saturated carbocycles. The number of primary sulfonamides is 1. The van der Waals surface area contributed by atoms with Crippen molar-refractivity contribution in [3.8, 4) is 0 Å². The monoisotopic (exact) mass is 500 g/mol. The van der Waals surface area contributed by atoms with Crippen LogP contribution in [0.5, 0.6) is 0 Å². The number of halogens is 1. The van der Waals surface area contributed by atoms with Gasteiger partial charge in [-0.05, 0) is 55.3 Å². The molecule has 13 heteroatoms. The van der Waals surface area contributed by atoms with Crippen molar-refractivity contribution in [1.29, 1.82) is 0 Å². The number of carbonyl (C=O) groups excluding carboxylic acids is 1. The highest BCUT2D eigenvalue weighted by Crippen LogP contribution is 2.30. The second kappa shape index (κ2) is 8.11.